The highest BCUT2D eigenvalue weighted by Crippen LogP contribution is 2.32. The first-order valence-electron chi connectivity index (χ1n) is 11.1. The SMILES string of the molecule is CSc1ccc2cc(C(=O)/C=C/c3cc(C)c(OC(C)(C)C(=O)OC(C)(C)C)c(C)c3)sc2c1. The van der Waals surface area contributed by atoms with Crippen molar-refractivity contribution >= 4 is 51.0 Å². The lowest BCUT2D eigenvalue weighted by molar-refractivity contribution is -0.171. The first kappa shape index (κ1) is 26.0. The molecule has 0 radical (unpaired) electrons. The van der Waals surface area contributed by atoms with Gasteiger partial charge >= 0.3 is 5.97 Å². The topological polar surface area (TPSA) is 52.6 Å². The monoisotopic (exact) mass is 496 g/mol. The van der Waals surface area contributed by atoms with E-state index in [1.165, 1.54) is 16.2 Å². The second-order valence-electron chi connectivity index (χ2n) is 9.81. The number of hydrogen-bond acceptors (Lipinski definition) is 6. The van der Waals surface area contributed by atoms with Gasteiger partial charge in [-0.15, -0.1) is 23.1 Å². The fraction of sp³-hybridized carbons (Fsp3) is 0.357. The van der Waals surface area contributed by atoms with E-state index in [0.717, 1.165) is 31.7 Å². The highest BCUT2D eigenvalue weighted by Gasteiger charge is 2.35. The largest absolute Gasteiger partial charge is 0.476 e. The lowest BCUT2D eigenvalue weighted by Gasteiger charge is -2.30. The number of ether oxygens (including phenoxy) is 2. The van der Waals surface area contributed by atoms with Crippen molar-refractivity contribution in [2.75, 3.05) is 6.26 Å². The average molecular weight is 497 g/mol. The molecular formula is C28H32O4S2. The summed E-state index contributed by atoms with van der Waals surface area (Å²) in [7, 11) is 0. The van der Waals surface area contributed by atoms with E-state index in [-0.39, 0.29) is 5.78 Å². The minimum atomic E-state index is -1.13. The van der Waals surface area contributed by atoms with Crippen LogP contribution < -0.4 is 4.74 Å². The normalized spacial score (nSPS) is 12.4. The van der Waals surface area contributed by atoms with Gasteiger partial charge in [0, 0.05) is 9.60 Å². The number of thiophene rings is 1. The predicted molar refractivity (Wildman–Crippen MR) is 143 cm³/mol. The number of allylic oxidation sites excluding steroid dienone is 1. The molecule has 0 bridgehead atoms. The average Bonchev–Trinajstić information content (AvgIpc) is 3.16. The summed E-state index contributed by atoms with van der Waals surface area (Å²) in [6, 6.07) is 12.1. The minimum Gasteiger partial charge on any atom is -0.476 e. The van der Waals surface area contributed by atoms with Crippen LogP contribution in [0.4, 0.5) is 0 Å². The number of carbonyl (C=O) groups excluding carboxylic acids is 2. The zero-order valence-corrected chi connectivity index (χ0v) is 22.7. The predicted octanol–water partition coefficient (Wildman–Crippen LogP) is 7.64. The number of fused-ring (bicyclic) bond motifs is 1. The van der Waals surface area contributed by atoms with Crippen molar-refractivity contribution in [3.63, 3.8) is 0 Å². The van der Waals surface area contributed by atoms with Gasteiger partial charge in [0.25, 0.3) is 0 Å². The Morgan fingerprint density at radius 2 is 1.62 bits per heavy atom. The van der Waals surface area contributed by atoms with E-state index < -0.39 is 17.2 Å². The van der Waals surface area contributed by atoms with Gasteiger partial charge in [-0.05, 0) is 113 Å². The molecule has 0 fully saturated rings. The van der Waals surface area contributed by atoms with Gasteiger partial charge in [-0.3, -0.25) is 4.79 Å². The van der Waals surface area contributed by atoms with Crippen LogP contribution in [0, 0.1) is 13.8 Å². The maximum absolute atomic E-state index is 12.8. The molecule has 0 atom stereocenters. The molecule has 3 rings (SSSR count). The third-order valence-electron chi connectivity index (χ3n) is 5.13. The first-order chi connectivity index (χ1) is 15.8. The molecule has 0 saturated carbocycles. The van der Waals surface area contributed by atoms with Gasteiger partial charge in [0.05, 0.1) is 4.88 Å². The summed E-state index contributed by atoms with van der Waals surface area (Å²) in [5.41, 5.74) is 0.948. The zero-order valence-electron chi connectivity index (χ0n) is 21.1. The quantitative estimate of drug-likeness (QED) is 0.146. The Bertz CT molecular complexity index is 1240. The van der Waals surface area contributed by atoms with Crippen LogP contribution >= 0.6 is 23.1 Å². The third-order valence-corrected chi connectivity index (χ3v) is 6.97. The summed E-state index contributed by atoms with van der Waals surface area (Å²) in [5, 5.41) is 1.08. The molecule has 0 saturated heterocycles. The van der Waals surface area contributed by atoms with Crippen molar-refractivity contribution in [3.8, 4) is 5.75 Å². The van der Waals surface area contributed by atoms with Gasteiger partial charge in [0.2, 0.25) is 0 Å². The molecule has 34 heavy (non-hydrogen) atoms. The molecule has 0 N–H and O–H groups in total. The maximum Gasteiger partial charge on any atom is 0.350 e. The molecule has 6 heteroatoms. The molecule has 4 nitrogen and oxygen atoms in total. The van der Waals surface area contributed by atoms with Crippen molar-refractivity contribution in [3.05, 3.63) is 64.0 Å². The van der Waals surface area contributed by atoms with Crippen LogP contribution in [0.3, 0.4) is 0 Å². The smallest absolute Gasteiger partial charge is 0.350 e. The van der Waals surface area contributed by atoms with Gasteiger partial charge in [0.15, 0.2) is 11.4 Å². The molecule has 0 aliphatic carbocycles. The Morgan fingerprint density at radius 3 is 2.21 bits per heavy atom. The zero-order chi connectivity index (χ0) is 25.3. The summed E-state index contributed by atoms with van der Waals surface area (Å²) in [5.74, 6) is 0.211. The van der Waals surface area contributed by atoms with Crippen molar-refractivity contribution < 1.29 is 19.1 Å². The Morgan fingerprint density at radius 1 is 0.971 bits per heavy atom. The third kappa shape index (κ3) is 6.30. The van der Waals surface area contributed by atoms with Gasteiger partial charge in [-0.1, -0.05) is 12.1 Å². The van der Waals surface area contributed by atoms with Crippen molar-refractivity contribution in [2.24, 2.45) is 0 Å². The second-order valence-corrected chi connectivity index (χ2v) is 11.8. The van der Waals surface area contributed by atoms with Crippen LogP contribution in [0.2, 0.25) is 0 Å². The van der Waals surface area contributed by atoms with Crippen LogP contribution in [-0.2, 0) is 9.53 Å². The molecule has 0 unspecified atom stereocenters. The number of benzene rings is 2. The Hall–Kier alpha value is -2.57. The number of rotatable bonds is 7. The molecule has 180 valence electrons. The molecule has 1 heterocycles. The van der Waals surface area contributed by atoms with Crippen molar-refractivity contribution in [1.29, 1.82) is 0 Å². The molecule has 0 aliphatic heterocycles. The van der Waals surface area contributed by atoms with Gasteiger partial charge in [0.1, 0.15) is 11.4 Å². The Labute approximate surface area is 210 Å². The number of thioether (sulfide) groups is 1. The Kier molecular flexibility index (Phi) is 7.63. The minimum absolute atomic E-state index is 0.0198. The van der Waals surface area contributed by atoms with Crippen LogP contribution in [0.5, 0.6) is 5.75 Å². The number of esters is 1. The lowest BCUT2D eigenvalue weighted by atomic mass is 10.0. The van der Waals surface area contributed by atoms with E-state index in [1.54, 1.807) is 31.7 Å². The summed E-state index contributed by atoms with van der Waals surface area (Å²) in [4.78, 5) is 27.3. The maximum atomic E-state index is 12.8. The highest BCUT2D eigenvalue weighted by molar-refractivity contribution is 7.98. The van der Waals surface area contributed by atoms with Gasteiger partial charge in [-0.2, -0.15) is 0 Å². The summed E-state index contributed by atoms with van der Waals surface area (Å²) >= 11 is 3.21. The van der Waals surface area contributed by atoms with Gasteiger partial charge < -0.3 is 9.47 Å². The molecule has 0 spiro atoms. The molecule has 2 aromatic carbocycles. The first-order valence-corrected chi connectivity index (χ1v) is 13.2. The van der Waals surface area contributed by atoms with Crippen LogP contribution in [0.15, 0.2) is 47.4 Å². The van der Waals surface area contributed by atoms with Crippen molar-refractivity contribution in [2.45, 2.75) is 64.6 Å². The highest BCUT2D eigenvalue weighted by atomic mass is 32.2. The van der Waals surface area contributed by atoms with E-state index in [2.05, 4.69) is 18.2 Å². The van der Waals surface area contributed by atoms with E-state index in [1.807, 2.05) is 65.1 Å². The van der Waals surface area contributed by atoms with Crippen LogP contribution in [0.1, 0.15) is 61.0 Å². The second kappa shape index (κ2) is 9.96. The van der Waals surface area contributed by atoms with Crippen molar-refractivity contribution in [1.82, 2.24) is 0 Å². The van der Waals surface area contributed by atoms with Crippen LogP contribution in [0.25, 0.3) is 16.2 Å². The molecule has 0 amide bonds. The number of ketones is 1. The van der Waals surface area contributed by atoms with Gasteiger partial charge in [-0.25, -0.2) is 4.79 Å². The van der Waals surface area contributed by atoms with E-state index in [4.69, 9.17) is 9.47 Å². The molecule has 0 aliphatic rings. The fourth-order valence-electron chi connectivity index (χ4n) is 3.45. The van der Waals surface area contributed by atoms with Crippen LogP contribution in [-0.4, -0.2) is 29.2 Å². The standard InChI is InChI=1S/C28H32O4S2/c1-17-13-19(14-18(2)25(17)31-28(6,7)26(30)32-27(3,4)5)9-12-22(29)24-15-20-10-11-21(33-8)16-23(20)34-24/h9-16H,1-8H3/b12-9+. The van der Waals surface area contributed by atoms with E-state index in [9.17, 15) is 9.59 Å². The van der Waals surface area contributed by atoms with E-state index >= 15 is 0 Å². The number of aryl methyl sites for hydroxylation is 2. The number of carbonyl (C=O) groups is 2. The number of hydrogen-bond donors (Lipinski definition) is 0. The molecular weight excluding hydrogens is 464 g/mol. The summed E-state index contributed by atoms with van der Waals surface area (Å²) in [6.45, 7) is 12.8. The Balaban J connectivity index is 1.78. The van der Waals surface area contributed by atoms with E-state index in [0.29, 0.717) is 5.75 Å². The molecule has 3 aromatic rings. The fourth-order valence-corrected chi connectivity index (χ4v) is 4.99. The molecule has 1 aromatic heterocycles. The summed E-state index contributed by atoms with van der Waals surface area (Å²) in [6.07, 6.45) is 5.48. The summed E-state index contributed by atoms with van der Waals surface area (Å²) < 4.78 is 12.7. The lowest BCUT2D eigenvalue weighted by Crippen LogP contribution is -2.43.